The predicted octanol–water partition coefficient (Wildman–Crippen LogP) is 3.58. The van der Waals surface area contributed by atoms with Crippen molar-refractivity contribution in [3.63, 3.8) is 0 Å². The fourth-order valence-corrected chi connectivity index (χ4v) is 3.37. The van der Waals surface area contributed by atoms with Gasteiger partial charge in [-0.1, -0.05) is 42.5 Å². The molecule has 0 aliphatic heterocycles. The molecule has 2 heterocycles. The average molecular weight is 459 g/mol. The highest BCUT2D eigenvalue weighted by Gasteiger charge is 2.23. The first-order chi connectivity index (χ1) is 16.3. The summed E-state index contributed by atoms with van der Waals surface area (Å²) in [5.41, 5.74) is 3.66. The van der Waals surface area contributed by atoms with Gasteiger partial charge in [0.2, 0.25) is 0 Å². The molecule has 2 aromatic heterocycles. The van der Waals surface area contributed by atoms with Gasteiger partial charge in [-0.2, -0.15) is 10.2 Å². The number of nitrogens with zero attached hydrogens (tertiary/aromatic N) is 5. The van der Waals surface area contributed by atoms with Crippen LogP contribution in [0.15, 0.2) is 66.9 Å². The van der Waals surface area contributed by atoms with E-state index in [0.717, 1.165) is 11.1 Å². The molecule has 9 nitrogen and oxygen atoms in total. The van der Waals surface area contributed by atoms with Crippen LogP contribution in [-0.2, 0) is 13.8 Å². The number of aromatic nitrogens is 4. The number of hydrogen-bond acceptors (Lipinski definition) is 5. The molecule has 174 valence electrons. The van der Waals surface area contributed by atoms with Gasteiger partial charge in [0.15, 0.2) is 18.1 Å². The SMILES string of the molecule is Cc1c(NC(=O)c2ccn(COc3ccc(-c4ccccc4)cc3)n2)c(C(=O)N(C)C)nn1C. The molecule has 0 unspecified atom stereocenters. The van der Waals surface area contributed by atoms with Gasteiger partial charge < -0.3 is 15.0 Å². The zero-order valence-electron chi connectivity index (χ0n) is 19.5. The molecule has 0 aliphatic rings. The van der Waals surface area contributed by atoms with Gasteiger partial charge in [0.25, 0.3) is 11.8 Å². The third kappa shape index (κ3) is 4.83. The van der Waals surface area contributed by atoms with Crippen LogP contribution in [0.2, 0.25) is 0 Å². The molecule has 0 saturated carbocycles. The third-order valence-corrected chi connectivity index (χ3v) is 5.38. The molecular weight excluding hydrogens is 432 g/mol. The third-order valence-electron chi connectivity index (χ3n) is 5.38. The highest BCUT2D eigenvalue weighted by Crippen LogP contribution is 2.23. The molecular formula is C25H26N6O3. The Hall–Kier alpha value is -4.40. The Balaban J connectivity index is 1.40. The maximum Gasteiger partial charge on any atom is 0.276 e. The number of rotatable bonds is 7. The van der Waals surface area contributed by atoms with E-state index in [1.807, 2.05) is 42.5 Å². The van der Waals surface area contributed by atoms with E-state index in [1.165, 1.54) is 9.58 Å². The van der Waals surface area contributed by atoms with Crippen LogP contribution in [0, 0.1) is 6.92 Å². The van der Waals surface area contributed by atoms with E-state index in [1.54, 1.807) is 45.0 Å². The van der Waals surface area contributed by atoms with Gasteiger partial charge >= 0.3 is 0 Å². The normalized spacial score (nSPS) is 10.7. The average Bonchev–Trinajstić information content (AvgIpc) is 3.43. The van der Waals surface area contributed by atoms with E-state index < -0.39 is 5.91 Å². The molecule has 4 aromatic rings. The standard InChI is InChI=1S/C25H26N6O3/c1-17-22(23(28-30(17)4)25(33)29(2)3)26-24(32)21-14-15-31(27-21)16-34-20-12-10-19(11-13-20)18-8-6-5-7-9-18/h5-15H,16H2,1-4H3,(H,26,32). The quantitative estimate of drug-likeness (QED) is 0.457. The van der Waals surface area contributed by atoms with Crippen molar-refractivity contribution in [3.8, 4) is 16.9 Å². The maximum atomic E-state index is 12.8. The number of amides is 2. The van der Waals surface area contributed by atoms with Gasteiger partial charge in [-0.3, -0.25) is 14.3 Å². The number of hydrogen-bond donors (Lipinski definition) is 1. The molecule has 2 aromatic carbocycles. The second-order valence-electron chi connectivity index (χ2n) is 7.99. The molecule has 34 heavy (non-hydrogen) atoms. The van der Waals surface area contributed by atoms with E-state index in [0.29, 0.717) is 17.1 Å². The van der Waals surface area contributed by atoms with Gasteiger partial charge in [0.1, 0.15) is 5.75 Å². The topological polar surface area (TPSA) is 94.3 Å². The van der Waals surface area contributed by atoms with Gasteiger partial charge in [0.05, 0.1) is 11.4 Å². The lowest BCUT2D eigenvalue weighted by atomic mass is 10.1. The van der Waals surface area contributed by atoms with Crippen molar-refractivity contribution >= 4 is 17.5 Å². The molecule has 0 spiro atoms. The van der Waals surface area contributed by atoms with Crippen molar-refractivity contribution < 1.29 is 14.3 Å². The maximum absolute atomic E-state index is 12.8. The molecule has 2 amide bonds. The number of nitrogens with one attached hydrogen (secondary N) is 1. The number of aryl methyl sites for hydroxylation is 1. The van der Waals surface area contributed by atoms with Crippen molar-refractivity contribution in [2.45, 2.75) is 13.7 Å². The van der Waals surface area contributed by atoms with E-state index in [2.05, 4.69) is 27.6 Å². The lowest BCUT2D eigenvalue weighted by molar-refractivity contribution is 0.0822. The smallest absolute Gasteiger partial charge is 0.276 e. The summed E-state index contributed by atoms with van der Waals surface area (Å²) in [5, 5.41) is 11.3. The summed E-state index contributed by atoms with van der Waals surface area (Å²) in [5.74, 6) is -0.0370. The van der Waals surface area contributed by atoms with Gasteiger partial charge in [-0.25, -0.2) is 4.68 Å². The summed E-state index contributed by atoms with van der Waals surface area (Å²) < 4.78 is 8.89. The number of ether oxygens (including phenoxy) is 1. The van der Waals surface area contributed by atoms with Crippen LogP contribution in [0.1, 0.15) is 26.7 Å². The summed E-state index contributed by atoms with van der Waals surface area (Å²) in [4.78, 5) is 26.6. The van der Waals surface area contributed by atoms with E-state index in [-0.39, 0.29) is 24.0 Å². The minimum absolute atomic E-state index is 0.147. The Morgan fingerprint density at radius 3 is 2.32 bits per heavy atom. The Morgan fingerprint density at radius 2 is 1.65 bits per heavy atom. The molecule has 1 N–H and O–H groups in total. The lowest BCUT2D eigenvalue weighted by Gasteiger charge is -2.10. The van der Waals surface area contributed by atoms with Crippen LogP contribution in [0.25, 0.3) is 11.1 Å². The van der Waals surface area contributed by atoms with E-state index in [4.69, 9.17) is 4.74 Å². The summed E-state index contributed by atoms with van der Waals surface area (Å²) in [7, 11) is 4.99. The Bertz CT molecular complexity index is 1310. The molecule has 9 heteroatoms. The van der Waals surface area contributed by atoms with Crippen LogP contribution in [0.3, 0.4) is 0 Å². The van der Waals surface area contributed by atoms with Crippen molar-refractivity contribution in [2.24, 2.45) is 7.05 Å². The van der Waals surface area contributed by atoms with Crippen LogP contribution in [0.4, 0.5) is 5.69 Å². The summed E-state index contributed by atoms with van der Waals surface area (Å²) in [6.07, 6.45) is 1.66. The van der Waals surface area contributed by atoms with E-state index >= 15 is 0 Å². The largest absolute Gasteiger partial charge is 0.471 e. The molecule has 0 saturated heterocycles. The fourth-order valence-electron chi connectivity index (χ4n) is 3.37. The zero-order valence-corrected chi connectivity index (χ0v) is 19.5. The Kier molecular flexibility index (Phi) is 6.44. The molecule has 4 rings (SSSR count). The zero-order chi connectivity index (χ0) is 24.2. The lowest BCUT2D eigenvalue weighted by Crippen LogP contribution is -2.24. The second-order valence-corrected chi connectivity index (χ2v) is 7.99. The van der Waals surface area contributed by atoms with E-state index in [9.17, 15) is 9.59 Å². The fraction of sp³-hybridized carbons (Fsp3) is 0.200. The first-order valence-electron chi connectivity index (χ1n) is 10.7. The first-order valence-corrected chi connectivity index (χ1v) is 10.7. The summed E-state index contributed by atoms with van der Waals surface area (Å²) in [6, 6.07) is 19.5. The molecule has 0 bridgehead atoms. The predicted molar refractivity (Wildman–Crippen MR) is 129 cm³/mol. The monoisotopic (exact) mass is 458 g/mol. The van der Waals surface area contributed by atoms with Crippen molar-refractivity contribution in [3.05, 3.63) is 83.9 Å². The van der Waals surface area contributed by atoms with Crippen LogP contribution >= 0.6 is 0 Å². The molecule has 0 fully saturated rings. The number of benzene rings is 2. The van der Waals surface area contributed by atoms with Gasteiger partial charge in [0, 0.05) is 27.3 Å². The number of carbonyl (C=O) groups is 2. The second kappa shape index (κ2) is 9.62. The Labute approximate surface area is 197 Å². The minimum Gasteiger partial charge on any atom is -0.471 e. The highest BCUT2D eigenvalue weighted by molar-refractivity contribution is 6.07. The minimum atomic E-state index is -0.435. The number of anilines is 1. The van der Waals surface area contributed by atoms with Crippen LogP contribution in [0.5, 0.6) is 5.75 Å². The number of carbonyl (C=O) groups excluding carboxylic acids is 2. The van der Waals surface area contributed by atoms with Crippen LogP contribution < -0.4 is 10.1 Å². The van der Waals surface area contributed by atoms with Crippen molar-refractivity contribution in [2.75, 3.05) is 19.4 Å². The summed E-state index contributed by atoms with van der Waals surface area (Å²) >= 11 is 0. The van der Waals surface area contributed by atoms with Crippen molar-refractivity contribution in [1.82, 2.24) is 24.5 Å². The van der Waals surface area contributed by atoms with Gasteiger partial charge in [-0.15, -0.1) is 0 Å². The molecule has 0 atom stereocenters. The molecule has 0 aliphatic carbocycles. The van der Waals surface area contributed by atoms with Crippen molar-refractivity contribution in [1.29, 1.82) is 0 Å². The summed E-state index contributed by atoms with van der Waals surface area (Å²) in [6.45, 7) is 1.93. The highest BCUT2D eigenvalue weighted by atomic mass is 16.5. The van der Waals surface area contributed by atoms with Crippen LogP contribution in [-0.4, -0.2) is 50.4 Å². The molecule has 0 radical (unpaired) electrons. The first kappa shape index (κ1) is 22.8. The van der Waals surface area contributed by atoms with Gasteiger partial charge in [-0.05, 0) is 36.2 Å². The Morgan fingerprint density at radius 1 is 0.971 bits per heavy atom.